The van der Waals surface area contributed by atoms with E-state index in [1.165, 1.54) is 0 Å². The van der Waals surface area contributed by atoms with Crippen molar-refractivity contribution in [3.05, 3.63) is 29.0 Å². The number of imidazole rings is 1. The number of nitrogens with zero attached hydrogens (tertiary/aromatic N) is 2. The summed E-state index contributed by atoms with van der Waals surface area (Å²) in [6, 6.07) is 5.02. The summed E-state index contributed by atoms with van der Waals surface area (Å²) in [6.07, 6.45) is 0. The molecule has 0 aliphatic carbocycles. The lowest BCUT2D eigenvalue weighted by atomic mass is 10.2. The van der Waals surface area contributed by atoms with Gasteiger partial charge in [-0.1, -0.05) is 11.6 Å². The molecule has 0 bridgehead atoms. The van der Waals surface area contributed by atoms with E-state index in [0.717, 1.165) is 11.0 Å². The van der Waals surface area contributed by atoms with Crippen LogP contribution in [-0.2, 0) is 4.79 Å². The fourth-order valence-corrected chi connectivity index (χ4v) is 2.42. The highest BCUT2D eigenvalue weighted by Crippen LogP contribution is 2.29. The molecule has 0 saturated heterocycles. The van der Waals surface area contributed by atoms with E-state index < -0.39 is 0 Å². The molecular weight excluding hydrogens is 285 g/mol. The largest absolute Gasteiger partial charge is 0.357 e. The Bertz CT molecular complexity index is 622. The molecule has 0 fully saturated rings. The maximum Gasteiger partial charge on any atom is 0.242 e. The molecule has 2 atom stereocenters. The number of carbonyl (C=O) groups excluding carboxylic acids is 1. The van der Waals surface area contributed by atoms with Crippen LogP contribution in [0.25, 0.3) is 11.0 Å². The summed E-state index contributed by atoms with van der Waals surface area (Å²) in [5.41, 5.74) is 1.59. The van der Waals surface area contributed by atoms with Gasteiger partial charge in [0.05, 0.1) is 16.4 Å². The molecule has 1 amide bonds. The zero-order valence-corrected chi connectivity index (χ0v) is 12.5. The number of alkyl halides is 1. The first-order chi connectivity index (χ1) is 8.95. The van der Waals surface area contributed by atoms with Crippen LogP contribution in [0.2, 0.25) is 5.02 Å². The lowest BCUT2D eigenvalue weighted by Crippen LogP contribution is -2.28. The number of aromatic nitrogens is 2. The molecule has 0 radical (unpaired) electrons. The molecule has 2 rings (SSSR count). The third kappa shape index (κ3) is 2.55. The number of nitrogens with one attached hydrogen (secondary N) is 1. The second-order valence-corrected chi connectivity index (χ2v) is 5.47. The number of rotatable bonds is 3. The predicted molar refractivity (Wildman–Crippen MR) is 77.8 cm³/mol. The van der Waals surface area contributed by atoms with Crippen molar-refractivity contribution in [3.63, 3.8) is 0 Å². The van der Waals surface area contributed by atoms with Gasteiger partial charge in [0.15, 0.2) is 0 Å². The van der Waals surface area contributed by atoms with Gasteiger partial charge in [0.25, 0.3) is 0 Å². The number of benzene rings is 1. The first-order valence-corrected chi connectivity index (χ1v) is 6.80. The van der Waals surface area contributed by atoms with E-state index in [4.69, 9.17) is 23.2 Å². The first-order valence-electron chi connectivity index (χ1n) is 5.98. The van der Waals surface area contributed by atoms with Crippen molar-refractivity contribution in [2.45, 2.75) is 25.3 Å². The summed E-state index contributed by atoms with van der Waals surface area (Å²) < 4.78 is 1.85. The van der Waals surface area contributed by atoms with Gasteiger partial charge in [0.1, 0.15) is 11.9 Å². The van der Waals surface area contributed by atoms with Gasteiger partial charge in [0.2, 0.25) is 5.91 Å². The van der Waals surface area contributed by atoms with Crippen molar-refractivity contribution in [1.82, 2.24) is 14.9 Å². The van der Waals surface area contributed by atoms with Crippen LogP contribution in [0.3, 0.4) is 0 Å². The minimum atomic E-state index is -0.382. The van der Waals surface area contributed by atoms with Crippen molar-refractivity contribution < 1.29 is 4.79 Å². The molecular formula is C13H15Cl2N3O. The smallest absolute Gasteiger partial charge is 0.242 e. The number of hydrogen-bond donors (Lipinski definition) is 1. The molecule has 0 spiro atoms. The summed E-state index contributed by atoms with van der Waals surface area (Å²) in [5.74, 6) is 0.572. The second-order valence-electron chi connectivity index (χ2n) is 4.38. The fraction of sp³-hybridized carbons (Fsp3) is 0.385. The highest BCUT2D eigenvalue weighted by molar-refractivity contribution is 6.31. The zero-order chi connectivity index (χ0) is 14.2. The lowest BCUT2D eigenvalue weighted by molar-refractivity contribution is -0.123. The van der Waals surface area contributed by atoms with Crippen molar-refractivity contribution in [3.8, 4) is 0 Å². The Morgan fingerprint density at radius 1 is 1.42 bits per heavy atom. The van der Waals surface area contributed by atoms with Gasteiger partial charge in [-0.05, 0) is 32.0 Å². The first kappa shape index (κ1) is 14.2. The molecule has 1 aromatic heterocycles. The molecule has 2 unspecified atom stereocenters. The quantitative estimate of drug-likeness (QED) is 0.884. The number of carbonyl (C=O) groups is 1. The Kier molecular flexibility index (Phi) is 4.02. The van der Waals surface area contributed by atoms with Crippen LogP contribution < -0.4 is 5.32 Å². The van der Waals surface area contributed by atoms with Crippen molar-refractivity contribution >= 4 is 40.1 Å². The zero-order valence-electron chi connectivity index (χ0n) is 10.9. The molecule has 102 valence electrons. The Morgan fingerprint density at radius 3 is 2.68 bits per heavy atom. The van der Waals surface area contributed by atoms with Gasteiger partial charge >= 0.3 is 0 Å². The molecule has 0 aliphatic rings. The Morgan fingerprint density at radius 2 is 2.11 bits per heavy atom. The third-order valence-corrected chi connectivity index (χ3v) is 3.48. The summed E-state index contributed by atoms with van der Waals surface area (Å²) >= 11 is 12.1. The molecule has 19 heavy (non-hydrogen) atoms. The minimum Gasteiger partial charge on any atom is -0.357 e. The predicted octanol–water partition coefficient (Wildman–Crippen LogP) is 3.30. The van der Waals surface area contributed by atoms with E-state index >= 15 is 0 Å². The van der Waals surface area contributed by atoms with Gasteiger partial charge in [0, 0.05) is 12.1 Å². The van der Waals surface area contributed by atoms with Crippen LogP contribution in [0, 0.1) is 0 Å². The van der Waals surface area contributed by atoms with Crippen LogP contribution in [0.15, 0.2) is 18.2 Å². The summed E-state index contributed by atoms with van der Waals surface area (Å²) in [4.78, 5) is 16.3. The van der Waals surface area contributed by atoms with Crippen molar-refractivity contribution in [2.24, 2.45) is 0 Å². The Hall–Kier alpha value is -1.26. The Balaban J connectivity index is 2.68. The summed E-state index contributed by atoms with van der Waals surface area (Å²) in [7, 11) is 1.61. The molecule has 0 aliphatic heterocycles. The van der Waals surface area contributed by atoms with E-state index in [9.17, 15) is 4.79 Å². The standard InChI is InChI=1S/C13H15Cl2N3O/c1-7(14)12-17-10-6-9(15)4-5-11(10)18(12)8(2)13(19)16-3/h4-8H,1-3H3,(H,16,19). The van der Waals surface area contributed by atoms with Gasteiger partial charge in [-0.15, -0.1) is 11.6 Å². The highest BCUT2D eigenvalue weighted by Gasteiger charge is 2.22. The van der Waals surface area contributed by atoms with Crippen LogP contribution in [-0.4, -0.2) is 22.5 Å². The van der Waals surface area contributed by atoms with Gasteiger partial charge in [-0.25, -0.2) is 4.98 Å². The second kappa shape index (κ2) is 5.39. The number of hydrogen-bond acceptors (Lipinski definition) is 2. The van der Waals surface area contributed by atoms with Gasteiger partial charge in [-0.2, -0.15) is 0 Å². The van der Waals surface area contributed by atoms with Crippen LogP contribution in [0.1, 0.15) is 31.1 Å². The van der Waals surface area contributed by atoms with E-state index in [0.29, 0.717) is 10.8 Å². The van der Waals surface area contributed by atoms with Crippen LogP contribution in [0.4, 0.5) is 0 Å². The molecule has 2 aromatic rings. The summed E-state index contributed by atoms with van der Waals surface area (Å²) in [5, 5.41) is 2.96. The highest BCUT2D eigenvalue weighted by atomic mass is 35.5. The maximum atomic E-state index is 11.9. The molecule has 1 aromatic carbocycles. The van der Waals surface area contributed by atoms with Crippen LogP contribution >= 0.6 is 23.2 Å². The monoisotopic (exact) mass is 299 g/mol. The molecule has 6 heteroatoms. The minimum absolute atomic E-state index is 0.0900. The number of halogens is 2. The average Bonchev–Trinajstić information content (AvgIpc) is 2.75. The number of amides is 1. The van der Waals surface area contributed by atoms with Crippen molar-refractivity contribution in [1.29, 1.82) is 0 Å². The van der Waals surface area contributed by atoms with Crippen LogP contribution in [0.5, 0.6) is 0 Å². The van der Waals surface area contributed by atoms with E-state index in [2.05, 4.69) is 10.3 Å². The average molecular weight is 300 g/mol. The third-order valence-electron chi connectivity index (χ3n) is 3.05. The number of likely N-dealkylation sites (N-methyl/N-ethyl adjacent to an activating group) is 1. The fourth-order valence-electron chi connectivity index (χ4n) is 2.10. The topological polar surface area (TPSA) is 46.9 Å². The Labute approximate surface area is 121 Å². The van der Waals surface area contributed by atoms with Gasteiger partial charge < -0.3 is 9.88 Å². The van der Waals surface area contributed by atoms with E-state index in [1.807, 2.05) is 24.5 Å². The number of fused-ring (bicyclic) bond motifs is 1. The normalized spacial score (nSPS) is 14.4. The maximum absolute atomic E-state index is 11.9. The van der Waals surface area contributed by atoms with E-state index in [-0.39, 0.29) is 17.3 Å². The summed E-state index contributed by atoms with van der Waals surface area (Å²) in [6.45, 7) is 3.65. The molecule has 0 saturated carbocycles. The van der Waals surface area contributed by atoms with E-state index in [1.54, 1.807) is 19.2 Å². The van der Waals surface area contributed by atoms with Gasteiger partial charge in [-0.3, -0.25) is 4.79 Å². The lowest BCUT2D eigenvalue weighted by Gasteiger charge is -2.17. The molecule has 1 N–H and O–H groups in total. The molecule has 4 nitrogen and oxygen atoms in total. The SMILES string of the molecule is CNC(=O)C(C)n1c(C(C)Cl)nc2cc(Cl)ccc21. The molecule has 1 heterocycles. The van der Waals surface area contributed by atoms with Crippen molar-refractivity contribution in [2.75, 3.05) is 7.05 Å².